The van der Waals surface area contributed by atoms with Gasteiger partial charge in [0.05, 0.1) is 15.7 Å². The number of carbonyl (C=O) groups is 1. The lowest BCUT2D eigenvalue weighted by molar-refractivity contribution is -0.141. The van der Waals surface area contributed by atoms with Crippen LogP contribution in [0.15, 0.2) is 45.9 Å². The van der Waals surface area contributed by atoms with E-state index in [2.05, 4.69) is 20.9 Å². The highest BCUT2D eigenvalue weighted by Gasteiger charge is 2.34. The lowest BCUT2D eigenvalue weighted by Gasteiger charge is -2.15. The first-order valence-electron chi connectivity index (χ1n) is 9.06. The maximum Gasteiger partial charge on any atom is 0.433 e. The molecule has 34 heavy (non-hydrogen) atoms. The Kier molecular flexibility index (Phi) is 5.76. The van der Waals surface area contributed by atoms with Crippen LogP contribution in [-0.4, -0.2) is 24.5 Å². The molecule has 2 aromatic carbocycles. The molecule has 0 unspecified atom stereocenters. The molecule has 178 valence electrons. The molecule has 2 heterocycles. The van der Waals surface area contributed by atoms with Crippen LogP contribution in [0, 0.1) is 11.6 Å². The van der Waals surface area contributed by atoms with Crippen LogP contribution in [0.4, 0.5) is 27.6 Å². The summed E-state index contributed by atoms with van der Waals surface area (Å²) in [5.74, 6) is -4.56. The number of aromatic nitrogens is 1. The number of ether oxygens (including phenoxy) is 1. The van der Waals surface area contributed by atoms with E-state index >= 15 is 0 Å². The summed E-state index contributed by atoms with van der Waals surface area (Å²) >= 11 is 2.90. The largest absolute Gasteiger partial charge is 0.505 e. The summed E-state index contributed by atoms with van der Waals surface area (Å²) in [6.07, 6.45) is -4.22. The highest BCUT2D eigenvalue weighted by atomic mass is 79.9. The Morgan fingerprint density at radius 2 is 1.76 bits per heavy atom. The van der Waals surface area contributed by atoms with Gasteiger partial charge >= 0.3 is 12.1 Å². The summed E-state index contributed by atoms with van der Waals surface area (Å²) < 4.78 is 101. The van der Waals surface area contributed by atoms with E-state index in [0.29, 0.717) is 24.4 Å². The Bertz CT molecular complexity index is 1460. The number of nitrogens with zero attached hydrogens (tertiary/aromatic N) is 1. The molecule has 1 aliphatic rings. The fourth-order valence-electron chi connectivity index (χ4n) is 3.17. The van der Waals surface area contributed by atoms with Crippen molar-refractivity contribution in [2.45, 2.75) is 17.7 Å². The second-order valence-corrected chi connectivity index (χ2v) is 9.53. The van der Waals surface area contributed by atoms with E-state index in [1.165, 1.54) is 0 Å². The maximum absolute atomic E-state index is 14.6. The monoisotopic (exact) mass is 564 g/mol. The van der Waals surface area contributed by atoms with Gasteiger partial charge in [-0.2, -0.15) is 13.2 Å². The number of carbonyl (C=O) groups excluding carboxylic acids is 1. The van der Waals surface area contributed by atoms with Crippen molar-refractivity contribution in [3.05, 3.63) is 69.5 Å². The Labute approximate surface area is 196 Å². The SMILES string of the molecule is O=C1OCc2cc(C(F)(F)F)ncc2-c2cc(c(F)cc2F)NS(=O)(=O)c2cc1cc(Br)c2O. The van der Waals surface area contributed by atoms with Crippen LogP contribution in [0.5, 0.6) is 5.75 Å². The number of hydrogen-bond donors (Lipinski definition) is 2. The number of anilines is 1. The van der Waals surface area contributed by atoms with Crippen molar-refractivity contribution in [2.75, 3.05) is 4.72 Å². The van der Waals surface area contributed by atoms with Crippen LogP contribution < -0.4 is 4.72 Å². The fourth-order valence-corrected chi connectivity index (χ4v) is 4.96. The number of aromatic hydroxyl groups is 1. The Hall–Kier alpha value is -3.26. The Morgan fingerprint density at radius 3 is 2.44 bits per heavy atom. The van der Waals surface area contributed by atoms with Gasteiger partial charge in [-0.25, -0.2) is 22.0 Å². The molecule has 0 atom stereocenters. The number of pyridine rings is 1. The molecule has 4 bridgehead atoms. The number of halogens is 6. The molecule has 4 rings (SSSR count). The summed E-state index contributed by atoms with van der Waals surface area (Å²) in [7, 11) is -4.74. The maximum atomic E-state index is 14.6. The zero-order valence-electron chi connectivity index (χ0n) is 16.4. The van der Waals surface area contributed by atoms with Gasteiger partial charge < -0.3 is 9.84 Å². The van der Waals surface area contributed by atoms with Gasteiger partial charge in [-0.1, -0.05) is 0 Å². The van der Waals surface area contributed by atoms with Gasteiger partial charge in [0.25, 0.3) is 10.0 Å². The summed E-state index contributed by atoms with van der Waals surface area (Å²) in [6, 6.07) is 3.33. The number of esters is 1. The van der Waals surface area contributed by atoms with Crippen molar-refractivity contribution in [1.82, 2.24) is 4.98 Å². The van der Waals surface area contributed by atoms with Gasteiger partial charge in [0.15, 0.2) is 0 Å². The molecule has 1 aliphatic heterocycles. The number of phenols is 1. The zero-order valence-corrected chi connectivity index (χ0v) is 18.8. The quantitative estimate of drug-likeness (QED) is 0.294. The molecule has 14 heteroatoms. The minimum Gasteiger partial charge on any atom is -0.505 e. The first-order valence-corrected chi connectivity index (χ1v) is 11.3. The van der Waals surface area contributed by atoms with Crippen LogP contribution >= 0.6 is 15.9 Å². The van der Waals surface area contributed by atoms with Crippen molar-refractivity contribution >= 4 is 37.6 Å². The third-order valence-corrected chi connectivity index (χ3v) is 6.77. The standard InChI is InChI=1S/C20H10BrF5N2O5S/c21-12-1-8-2-16(18(12)29)34(31,32)28-15-4-10(13(22)5-14(15)23)11-6-27-17(20(24,25)26)3-9(11)7-33-19(8)30/h1-6,28-29H,7H2. The van der Waals surface area contributed by atoms with Crippen molar-refractivity contribution in [1.29, 1.82) is 0 Å². The van der Waals surface area contributed by atoms with Crippen LogP contribution in [0.3, 0.4) is 0 Å². The molecule has 0 spiro atoms. The third kappa shape index (κ3) is 4.30. The molecule has 0 radical (unpaired) electrons. The van der Waals surface area contributed by atoms with E-state index in [0.717, 1.165) is 12.1 Å². The molecular weight excluding hydrogens is 555 g/mol. The number of sulfonamides is 1. The second kappa shape index (κ2) is 8.20. The molecule has 2 N–H and O–H groups in total. The molecule has 0 amide bonds. The summed E-state index contributed by atoms with van der Waals surface area (Å²) in [5.41, 5.74) is -3.66. The summed E-state index contributed by atoms with van der Waals surface area (Å²) in [4.78, 5) is 15.0. The lowest BCUT2D eigenvalue weighted by Crippen LogP contribution is -2.15. The number of alkyl halides is 3. The highest BCUT2D eigenvalue weighted by Crippen LogP contribution is 2.38. The van der Waals surface area contributed by atoms with Crippen LogP contribution in [-0.2, 0) is 27.5 Å². The second-order valence-electron chi connectivity index (χ2n) is 7.02. The zero-order chi connectivity index (χ0) is 25.0. The fraction of sp³-hybridized carbons (Fsp3) is 0.100. The highest BCUT2D eigenvalue weighted by molar-refractivity contribution is 9.10. The van der Waals surface area contributed by atoms with Crippen molar-refractivity contribution in [2.24, 2.45) is 0 Å². The van der Waals surface area contributed by atoms with Crippen LogP contribution in [0.1, 0.15) is 21.6 Å². The molecule has 3 aromatic rings. The Balaban J connectivity index is 2.01. The van der Waals surface area contributed by atoms with E-state index in [9.17, 15) is 40.3 Å². The number of benzene rings is 2. The number of cyclic esters (lactones) is 1. The van der Waals surface area contributed by atoms with E-state index in [-0.39, 0.29) is 15.6 Å². The minimum atomic E-state index is -4.88. The van der Waals surface area contributed by atoms with E-state index in [1.54, 1.807) is 0 Å². The minimum absolute atomic E-state index is 0.235. The topological polar surface area (TPSA) is 106 Å². The van der Waals surface area contributed by atoms with Gasteiger partial charge in [0, 0.05) is 29.0 Å². The van der Waals surface area contributed by atoms with E-state index in [1.807, 2.05) is 4.72 Å². The average Bonchev–Trinajstić information content (AvgIpc) is 2.74. The van der Waals surface area contributed by atoms with Gasteiger partial charge in [-0.05, 0) is 40.2 Å². The average molecular weight is 565 g/mol. The molecule has 1 aromatic heterocycles. The van der Waals surface area contributed by atoms with E-state index < -0.39 is 73.6 Å². The van der Waals surface area contributed by atoms with Crippen molar-refractivity contribution in [3.63, 3.8) is 0 Å². The van der Waals surface area contributed by atoms with Crippen molar-refractivity contribution in [3.8, 4) is 16.9 Å². The Morgan fingerprint density at radius 1 is 1.06 bits per heavy atom. The molecular formula is C20H10BrF5N2O5S. The van der Waals surface area contributed by atoms with Crippen LogP contribution in [0.25, 0.3) is 11.1 Å². The van der Waals surface area contributed by atoms with Gasteiger partial charge in [-0.15, -0.1) is 0 Å². The number of hydrogen-bond acceptors (Lipinski definition) is 6. The van der Waals surface area contributed by atoms with Gasteiger partial charge in [0.2, 0.25) is 0 Å². The number of rotatable bonds is 0. The first-order chi connectivity index (χ1) is 15.8. The van der Waals surface area contributed by atoms with Crippen molar-refractivity contribution < 1.29 is 45.0 Å². The number of phenolic OH excluding ortho intramolecular Hbond substituents is 1. The summed E-state index contributed by atoms with van der Waals surface area (Å²) in [5, 5.41) is 10.2. The normalized spacial score (nSPS) is 15.2. The molecule has 7 nitrogen and oxygen atoms in total. The summed E-state index contributed by atoms with van der Waals surface area (Å²) in [6.45, 7) is -0.792. The van der Waals surface area contributed by atoms with E-state index in [4.69, 9.17) is 4.74 Å². The van der Waals surface area contributed by atoms with Gasteiger partial charge in [0.1, 0.15) is 34.6 Å². The smallest absolute Gasteiger partial charge is 0.433 e. The number of fused-ring (bicyclic) bond motifs is 6. The number of nitrogens with one attached hydrogen (secondary N) is 1. The molecule has 0 fully saturated rings. The predicted octanol–water partition coefficient (Wildman–Crippen LogP) is 4.98. The predicted molar refractivity (Wildman–Crippen MR) is 110 cm³/mol. The van der Waals surface area contributed by atoms with Gasteiger partial charge in [-0.3, -0.25) is 9.71 Å². The first kappa shape index (κ1) is 23.9. The van der Waals surface area contributed by atoms with Crippen LogP contribution in [0.2, 0.25) is 0 Å². The third-order valence-electron chi connectivity index (χ3n) is 4.78. The lowest BCUT2D eigenvalue weighted by atomic mass is 10.00. The molecule has 0 saturated heterocycles. The molecule has 0 saturated carbocycles. The molecule has 0 aliphatic carbocycles.